The predicted molar refractivity (Wildman–Crippen MR) is 587 cm³/mol. The molecule has 3 aliphatic heterocycles. The maximum Gasteiger partial charge on any atom is 0.409 e. The number of epoxide rings is 1. The first-order chi connectivity index (χ1) is 72.2. The minimum absolute atomic E-state index is 0.0271. The van der Waals surface area contributed by atoms with Gasteiger partial charge in [0.1, 0.15) is 57.7 Å². The number of esters is 1. The van der Waals surface area contributed by atoms with Crippen molar-refractivity contribution in [3.63, 3.8) is 0 Å². The molecule has 0 radical (unpaired) electrons. The van der Waals surface area contributed by atoms with Crippen molar-refractivity contribution in [2.24, 2.45) is 5.92 Å². The van der Waals surface area contributed by atoms with Gasteiger partial charge < -0.3 is 74.2 Å². The lowest BCUT2D eigenvalue weighted by atomic mass is 9.68. The Labute approximate surface area is 901 Å². The van der Waals surface area contributed by atoms with Gasteiger partial charge in [-0.15, -0.1) is 0 Å². The lowest BCUT2D eigenvalue weighted by Gasteiger charge is -2.40. The molecule has 31 nitrogen and oxygen atoms in total. The molecule has 6 N–H and O–H groups in total. The zero-order valence-corrected chi connectivity index (χ0v) is 91.8. The highest BCUT2D eigenvalue weighted by Gasteiger charge is 2.64. The van der Waals surface area contributed by atoms with E-state index in [0.717, 1.165) is 114 Å². The van der Waals surface area contributed by atoms with E-state index in [4.69, 9.17) is 76.3 Å². The molecule has 0 spiro atoms. The number of amides is 8. The second kappa shape index (κ2) is 58.5. The summed E-state index contributed by atoms with van der Waals surface area (Å²) in [5, 5.41) is 26.9. The standard InChI is InChI=1S/C115H150Cl2N14O17S2/c1-12-14-17-38-102(133)124-99-36-29-34-92(122-99)78-129(76-90-32-20-25-54-118-90)73-85-66-86(74-130(77-91-33-21-26-55-119-91)79-93-35-30-37-100(123-93)125-103(134)39-18-15-13-2)68-94(67-85)145-59-28-27-58-131(110(139)114(50-22-16-23-51-114)88-44-46-89(116)47-45-88)75-83-40-42-87(43-41-83)108(137)121-57-61-144-63-62-143-60-56-120-101(132)49-64-149-150-112(6,7)53-48-104(135)127(9)82(5)109(138)147-98-71-105(136)128(10)95-69-84(70-96(142-11)106(95)117)65-80(3)31-19-24-52-115(141)72-97(146-111(140)126-115)81(4)107-113(98,8)148-107/h19-21,24-26,29-37,40-47,54-55,66-70,81-82,97-98,107,141H,12-18,22-23,27-28,38-39,48-53,56-65,71-79H2,1-11H3,(H,120,132)(H,121,137)(H,126,140)(H,122,124,133)(H,123,125,134)/b24-19-,80-31+/t81-,82+,97+,98-,107?,113+,115-/m0/s1. The van der Waals surface area contributed by atoms with E-state index in [1.807, 2.05) is 154 Å². The van der Waals surface area contributed by atoms with E-state index in [0.29, 0.717) is 162 Å². The van der Waals surface area contributed by atoms with Gasteiger partial charge in [0.05, 0.1) is 86.5 Å². The molecule has 8 aromatic rings. The number of fused-ring (bicyclic) bond motifs is 5. The van der Waals surface area contributed by atoms with Crippen molar-refractivity contribution >= 4 is 116 Å². The summed E-state index contributed by atoms with van der Waals surface area (Å²) in [6.07, 6.45) is 18.5. The Morgan fingerprint density at radius 2 is 1.28 bits per heavy atom. The summed E-state index contributed by atoms with van der Waals surface area (Å²) in [7, 11) is 7.68. The molecule has 35 heteroatoms. The van der Waals surface area contributed by atoms with Crippen molar-refractivity contribution in [1.82, 2.24) is 55.5 Å². The molecule has 3 fully saturated rings. The SMILES string of the molecule is CCCCCC(=O)Nc1cccc(CN(Cc2cc(CN(Cc3ccccn3)Cc3cccc(NC(=O)CCCCC)n3)cc(OCCCCN(Cc3ccc(C(=O)NCCOCCOCCNC(=O)CCSSC(C)(C)CCC(=O)N(C)[C@H](C)C(=O)O[C@H]4CC(=O)N(C)c5cc(cc(OC)c5Cl)C/C(C)=C/C=C\C[C@]5(O)C[C@@H](OC(=O)N5)[C@H](C)C5O[C@@]54C)cc3)C(=O)C3(c4ccc(Cl)cc4)CCCCC3)c2)Cc2ccccn2)n1. The summed E-state index contributed by atoms with van der Waals surface area (Å²) in [5.74, 6) is -0.00200. The molecule has 2 saturated heterocycles. The molecule has 7 heterocycles. The molecule has 4 aliphatic rings. The highest BCUT2D eigenvalue weighted by atomic mass is 35.5. The van der Waals surface area contributed by atoms with Gasteiger partial charge in [-0.2, -0.15) is 0 Å². The van der Waals surface area contributed by atoms with Gasteiger partial charge in [-0.3, -0.25) is 58.6 Å². The normalized spacial score (nSPS) is 19.0. The Balaban J connectivity index is 0.599. The summed E-state index contributed by atoms with van der Waals surface area (Å²) >= 11 is 13.4. The average Bonchev–Trinajstić information content (AvgIpc) is 1.57. The van der Waals surface area contributed by atoms with E-state index in [-0.39, 0.29) is 106 Å². The summed E-state index contributed by atoms with van der Waals surface area (Å²) in [6.45, 7) is 20.8. The number of hydrogen-bond acceptors (Lipinski definition) is 25. The van der Waals surface area contributed by atoms with E-state index in [9.17, 15) is 43.5 Å². The van der Waals surface area contributed by atoms with Gasteiger partial charge >= 0.3 is 12.1 Å². The molecule has 8 amide bonds. The molecule has 7 atom stereocenters. The number of methoxy groups -OCH3 is 1. The molecule has 808 valence electrons. The first-order valence-corrected chi connectivity index (χ1v) is 55.7. The molecular weight excluding hydrogens is 1980 g/mol. The number of benzene rings is 4. The fourth-order valence-electron chi connectivity index (χ4n) is 19.1. The number of anilines is 3. The quantitative estimate of drug-likeness (QED) is 0.00892. The fraction of sp³-hybridized carbons (Fsp3) is 0.504. The number of aromatic nitrogens is 4. The molecule has 150 heavy (non-hydrogen) atoms. The van der Waals surface area contributed by atoms with Gasteiger partial charge in [0, 0.05) is 157 Å². The van der Waals surface area contributed by atoms with Crippen molar-refractivity contribution in [3.05, 3.63) is 254 Å². The second-order valence-corrected chi connectivity index (χ2v) is 44.4. The zero-order valence-electron chi connectivity index (χ0n) is 88.7. The number of nitrogens with one attached hydrogen (secondary N) is 5. The molecule has 1 unspecified atom stereocenters. The maximum atomic E-state index is 15.7. The monoisotopic (exact) mass is 2130 g/mol. The Kier molecular flexibility index (Phi) is 45.7. The van der Waals surface area contributed by atoms with E-state index >= 15 is 4.79 Å². The summed E-state index contributed by atoms with van der Waals surface area (Å²) < 4.78 is 42.1. The number of rotatable bonds is 54. The van der Waals surface area contributed by atoms with Crippen LogP contribution < -0.4 is 41.0 Å². The Bertz CT molecular complexity index is 5700. The van der Waals surface area contributed by atoms with Crippen LogP contribution in [0, 0.1) is 5.92 Å². The van der Waals surface area contributed by atoms with Gasteiger partial charge in [0.2, 0.25) is 35.4 Å². The molecule has 4 aromatic carbocycles. The minimum atomic E-state index is -1.63. The van der Waals surface area contributed by atoms with Crippen LogP contribution in [0.25, 0.3) is 0 Å². The fourth-order valence-corrected chi connectivity index (χ4v) is 22.1. The van der Waals surface area contributed by atoms with Gasteiger partial charge in [0.15, 0.2) is 0 Å². The highest BCUT2D eigenvalue weighted by molar-refractivity contribution is 8.77. The van der Waals surface area contributed by atoms with Gasteiger partial charge in [-0.05, 0) is 211 Å². The van der Waals surface area contributed by atoms with E-state index in [1.54, 1.807) is 74.4 Å². The first-order valence-electron chi connectivity index (χ1n) is 52.7. The zero-order chi connectivity index (χ0) is 107. The molecule has 1 saturated carbocycles. The van der Waals surface area contributed by atoms with Crippen molar-refractivity contribution in [1.29, 1.82) is 0 Å². The Hall–Kier alpha value is -11.4. The number of likely N-dealkylation sites (N-methyl/N-ethyl adjacent to an activating group) is 1. The van der Waals surface area contributed by atoms with Crippen molar-refractivity contribution in [3.8, 4) is 11.5 Å². The molecular formula is C115H150Cl2N14O17S2. The third-order valence-electron chi connectivity index (χ3n) is 27.7. The van der Waals surface area contributed by atoms with Crippen molar-refractivity contribution in [2.75, 3.05) is 95.2 Å². The van der Waals surface area contributed by atoms with Gasteiger partial charge in [0.25, 0.3) is 5.91 Å². The molecule has 12 rings (SSSR count). The number of pyridine rings is 4. The van der Waals surface area contributed by atoms with Crippen LogP contribution in [0.2, 0.25) is 10.0 Å². The van der Waals surface area contributed by atoms with Crippen LogP contribution >= 0.6 is 44.8 Å². The van der Waals surface area contributed by atoms with Crippen LogP contribution in [0.4, 0.5) is 22.1 Å². The number of halogens is 2. The topological polar surface area (TPSA) is 370 Å². The number of allylic oxidation sites excluding steroid dienone is 3. The van der Waals surface area contributed by atoms with Gasteiger partial charge in [-0.1, -0.05) is 189 Å². The van der Waals surface area contributed by atoms with E-state index in [1.165, 1.54) is 34.8 Å². The van der Waals surface area contributed by atoms with Crippen molar-refractivity contribution in [2.45, 2.75) is 288 Å². The number of aliphatic hydroxyl groups is 1. The smallest absolute Gasteiger partial charge is 0.409 e. The number of nitrogens with zero attached hydrogens (tertiary/aromatic N) is 9. The summed E-state index contributed by atoms with van der Waals surface area (Å²) in [4.78, 5) is 153. The summed E-state index contributed by atoms with van der Waals surface area (Å²) in [6, 6.07) is 47.3. The lowest BCUT2D eigenvalue weighted by molar-refractivity contribution is -0.162. The van der Waals surface area contributed by atoms with Crippen LogP contribution in [0.3, 0.4) is 0 Å². The minimum Gasteiger partial charge on any atom is -0.495 e. The number of unbranched alkanes of at least 4 members (excludes halogenated alkanes) is 5. The molecule has 4 bridgehead atoms. The average molecular weight is 2140 g/mol. The first kappa shape index (κ1) is 117. The van der Waals surface area contributed by atoms with Crippen LogP contribution in [0.5, 0.6) is 11.5 Å². The van der Waals surface area contributed by atoms with Gasteiger partial charge in [-0.25, -0.2) is 19.6 Å². The number of ether oxygens (including phenoxy) is 7. The summed E-state index contributed by atoms with van der Waals surface area (Å²) in [5.41, 5.74) is 6.04. The van der Waals surface area contributed by atoms with Crippen LogP contribution in [0.1, 0.15) is 251 Å². The molecule has 4 aromatic heterocycles. The lowest BCUT2D eigenvalue weighted by Crippen LogP contribution is -2.57. The highest BCUT2D eigenvalue weighted by Crippen LogP contribution is 2.50. The van der Waals surface area contributed by atoms with Crippen LogP contribution in [0.15, 0.2) is 188 Å². The largest absolute Gasteiger partial charge is 0.495 e. The third-order valence-corrected chi connectivity index (χ3v) is 31.7. The van der Waals surface area contributed by atoms with Crippen LogP contribution in [-0.4, -0.2) is 218 Å². The maximum absolute atomic E-state index is 15.7. The molecule has 1 aliphatic carbocycles. The Morgan fingerprint density at radius 3 is 1.88 bits per heavy atom. The Morgan fingerprint density at radius 1 is 0.673 bits per heavy atom. The number of carbonyl (C=O) groups excluding carboxylic acids is 9. The number of hydrogen-bond donors (Lipinski definition) is 6. The van der Waals surface area contributed by atoms with Crippen molar-refractivity contribution < 1.29 is 81.4 Å². The third kappa shape index (κ3) is 36.4. The van der Waals surface area contributed by atoms with Crippen LogP contribution in [-0.2, 0) is 115 Å². The van der Waals surface area contributed by atoms with E-state index in [2.05, 4.69) is 68.4 Å². The predicted octanol–water partition coefficient (Wildman–Crippen LogP) is 19.6. The number of alkyl carbamates (subject to hydrolysis) is 1. The van der Waals surface area contributed by atoms with E-state index < -0.39 is 69.7 Å². The number of carbonyl (C=O) groups is 9. The second-order valence-electron chi connectivity index (χ2n) is 40.4.